The molecule has 0 unspecified atom stereocenters. The Morgan fingerprint density at radius 3 is 2.44 bits per heavy atom. The molecule has 0 aliphatic carbocycles. The molecule has 1 N–H and O–H groups in total. The molecule has 0 atom stereocenters. The van der Waals surface area contributed by atoms with Gasteiger partial charge in [0, 0.05) is 17.7 Å². The quantitative estimate of drug-likeness (QED) is 0.385. The molecule has 1 aromatic rings. The Hall–Kier alpha value is -2.13. The second kappa shape index (κ2) is 5.02. The van der Waals surface area contributed by atoms with Crippen LogP contribution in [0, 0.1) is 21.6 Å². The summed E-state index contributed by atoms with van der Waals surface area (Å²) in [6.07, 6.45) is 0. The van der Waals surface area contributed by atoms with Crippen LogP contribution in [0.1, 0.15) is 15.9 Å². The van der Waals surface area contributed by atoms with Gasteiger partial charge in [0.15, 0.2) is 0 Å². The van der Waals surface area contributed by atoms with Crippen molar-refractivity contribution in [1.29, 1.82) is 0 Å². The van der Waals surface area contributed by atoms with Gasteiger partial charge < -0.3 is 5.11 Å². The second-order valence-corrected chi connectivity index (χ2v) is 9.54. The summed E-state index contributed by atoms with van der Waals surface area (Å²) in [4.78, 5) is 21.1. The summed E-state index contributed by atoms with van der Waals surface area (Å²) < 4.78 is 0. The van der Waals surface area contributed by atoms with Gasteiger partial charge in [-0.25, -0.2) is 4.79 Å². The average Bonchev–Trinajstić information content (AvgIpc) is 2.24. The minimum Gasteiger partial charge on any atom is -0.478 e. The number of carboxylic acids is 1. The third-order valence-corrected chi connectivity index (χ3v) is 2.89. The molecule has 0 radical (unpaired) electrons. The molecule has 0 heterocycles. The monoisotopic (exact) mass is 263 g/mol. The van der Waals surface area contributed by atoms with Gasteiger partial charge in [0.05, 0.1) is 10.5 Å². The zero-order valence-electron chi connectivity index (χ0n) is 10.4. The van der Waals surface area contributed by atoms with E-state index in [9.17, 15) is 14.9 Å². The summed E-state index contributed by atoms with van der Waals surface area (Å²) in [7, 11) is -1.67. The third kappa shape index (κ3) is 3.71. The minimum atomic E-state index is -1.67. The number of aromatic carboxylic acids is 1. The lowest BCUT2D eigenvalue weighted by atomic mass is 10.1. The molecule has 0 spiro atoms. The Kier molecular flexibility index (Phi) is 3.88. The van der Waals surface area contributed by atoms with E-state index in [0.29, 0.717) is 0 Å². The van der Waals surface area contributed by atoms with Gasteiger partial charge in [0.25, 0.3) is 5.69 Å². The first kappa shape index (κ1) is 13.9. The van der Waals surface area contributed by atoms with Gasteiger partial charge in [0.1, 0.15) is 8.07 Å². The molecule has 0 aromatic heterocycles. The summed E-state index contributed by atoms with van der Waals surface area (Å²) in [6, 6.07) is 3.59. The lowest BCUT2D eigenvalue weighted by molar-refractivity contribution is -0.384. The number of nitro benzene ring substituents is 1. The Balaban J connectivity index is 3.36. The Morgan fingerprint density at radius 2 is 2.00 bits per heavy atom. The molecule has 0 saturated carbocycles. The standard InChI is InChI=1S/C12H13NO4Si/c1-18(2,3)7-6-9-8-10(13(16)17)4-5-11(9)12(14)15/h4-5,8H,1-3H3,(H,14,15). The summed E-state index contributed by atoms with van der Waals surface area (Å²) in [5.74, 6) is 1.62. The maximum atomic E-state index is 11.0. The van der Waals surface area contributed by atoms with Crippen molar-refractivity contribution in [2.45, 2.75) is 19.6 Å². The van der Waals surface area contributed by atoms with E-state index in [2.05, 4.69) is 11.5 Å². The normalized spacial score (nSPS) is 10.4. The molecule has 18 heavy (non-hydrogen) atoms. The molecule has 0 aliphatic rings. The predicted octanol–water partition coefficient (Wildman–Crippen LogP) is 2.52. The fraction of sp³-hybridized carbons (Fsp3) is 0.250. The number of nitrogens with zero attached hydrogens (tertiary/aromatic N) is 1. The Labute approximate surface area is 106 Å². The molecule has 1 aromatic carbocycles. The molecule has 0 aliphatic heterocycles. The van der Waals surface area contributed by atoms with Gasteiger partial charge in [-0.1, -0.05) is 25.6 Å². The molecule has 0 fully saturated rings. The van der Waals surface area contributed by atoms with E-state index in [1.165, 1.54) is 18.2 Å². The molecule has 6 heteroatoms. The lowest BCUT2D eigenvalue weighted by Gasteiger charge is -2.04. The lowest BCUT2D eigenvalue weighted by Crippen LogP contribution is -2.16. The summed E-state index contributed by atoms with van der Waals surface area (Å²) >= 11 is 0. The van der Waals surface area contributed by atoms with Crippen molar-refractivity contribution in [2.24, 2.45) is 0 Å². The fourth-order valence-corrected chi connectivity index (χ4v) is 1.70. The Bertz CT molecular complexity index is 564. The number of benzene rings is 1. The van der Waals surface area contributed by atoms with Gasteiger partial charge in [0.2, 0.25) is 0 Å². The van der Waals surface area contributed by atoms with Crippen molar-refractivity contribution in [3.8, 4) is 11.5 Å². The second-order valence-electron chi connectivity index (χ2n) is 4.79. The van der Waals surface area contributed by atoms with Crippen LogP contribution in [0.25, 0.3) is 0 Å². The van der Waals surface area contributed by atoms with E-state index in [0.717, 1.165) is 0 Å². The SMILES string of the molecule is C[Si](C)(C)C#Cc1cc([N+](=O)[O-])ccc1C(=O)O. The summed E-state index contributed by atoms with van der Waals surface area (Å²) in [6.45, 7) is 6.04. The maximum Gasteiger partial charge on any atom is 0.336 e. The maximum absolute atomic E-state index is 11.0. The molecule has 1 rings (SSSR count). The number of carbonyl (C=O) groups is 1. The number of nitro groups is 1. The fourth-order valence-electron chi connectivity index (χ4n) is 1.19. The van der Waals surface area contributed by atoms with Crippen molar-refractivity contribution in [3.05, 3.63) is 39.4 Å². The van der Waals surface area contributed by atoms with Crippen LogP contribution in [-0.4, -0.2) is 24.1 Å². The van der Waals surface area contributed by atoms with Gasteiger partial charge in [-0.15, -0.1) is 5.54 Å². The van der Waals surface area contributed by atoms with Crippen LogP contribution < -0.4 is 0 Å². The third-order valence-electron chi connectivity index (χ3n) is 2.02. The van der Waals surface area contributed by atoms with Gasteiger partial charge in [-0.3, -0.25) is 10.1 Å². The first-order chi connectivity index (χ1) is 8.20. The van der Waals surface area contributed by atoms with E-state index in [-0.39, 0.29) is 16.8 Å². The van der Waals surface area contributed by atoms with Crippen LogP contribution in [-0.2, 0) is 0 Å². The molecule has 0 amide bonds. The highest BCUT2D eigenvalue weighted by Gasteiger charge is 2.15. The smallest absolute Gasteiger partial charge is 0.336 e. The molecular formula is C12H13NO4Si. The summed E-state index contributed by atoms with van der Waals surface area (Å²) in [5.41, 5.74) is 3.04. The van der Waals surface area contributed by atoms with Crippen LogP contribution >= 0.6 is 0 Å². The number of carboxylic acid groups (broad SMARTS) is 1. The Morgan fingerprint density at radius 1 is 1.39 bits per heavy atom. The van der Waals surface area contributed by atoms with Crippen LogP contribution in [0.5, 0.6) is 0 Å². The van der Waals surface area contributed by atoms with E-state index in [4.69, 9.17) is 5.11 Å². The van der Waals surface area contributed by atoms with Crippen molar-refractivity contribution >= 4 is 19.7 Å². The first-order valence-corrected chi connectivity index (χ1v) is 8.75. The highest BCUT2D eigenvalue weighted by Crippen LogP contribution is 2.17. The van der Waals surface area contributed by atoms with Gasteiger partial charge in [-0.2, -0.15) is 0 Å². The minimum absolute atomic E-state index is 0.00801. The van der Waals surface area contributed by atoms with Crippen molar-refractivity contribution in [1.82, 2.24) is 0 Å². The van der Waals surface area contributed by atoms with Crippen molar-refractivity contribution in [3.63, 3.8) is 0 Å². The van der Waals surface area contributed by atoms with E-state index in [1.807, 2.05) is 19.6 Å². The predicted molar refractivity (Wildman–Crippen MR) is 70.3 cm³/mol. The average molecular weight is 263 g/mol. The topological polar surface area (TPSA) is 80.4 Å². The van der Waals surface area contributed by atoms with E-state index >= 15 is 0 Å². The van der Waals surface area contributed by atoms with Crippen LogP contribution in [0.4, 0.5) is 5.69 Å². The number of hydrogen-bond acceptors (Lipinski definition) is 3. The number of hydrogen-bond donors (Lipinski definition) is 1. The molecule has 0 saturated heterocycles. The zero-order valence-corrected chi connectivity index (χ0v) is 11.4. The highest BCUT2D eigenvalue weighted by atomic mass is 28.3. The van der Waals surface area contributed by atoms with Crippen LogP contribution in [0.15, 0.2) is 18.2 Å². The zero-order chi connectivity index (χ0) is 13.9. The molecule has 5 nitrogen and oxygen atoms in total. The van der Waals surface area contributed by atoms with Gasteiger partial charge >= 0.3 is 5.97 Å². The van der Waals surface area contributed by atoms with E-state index < -0.39 is 19.0 Å². The van der Waals surface area contributed by atoms with Crippen molar-refractivity contribution < 1.29 is 14.8 Å². The number of non-ortho nitro benzene ring substituents is 1. The molecule has 0 bridgehead atoms. The molecular weight excluding hydrogens is 250 g/mol. The molecule has 94 valence electrons. The van der Waals surface area contributed by atoms with Crippen LogP contribution in [0.3, 0.4) is 0 Å². The van der Waals surface area contributed by atoms with Gasteiger partial charge in [-0.05, 0) is 6.07 Å². The highest BCUT2D eigenvalue weighted by molar-refractivity contribution is 6.83. The van der Waals surface area contributed by atoms with Crippen LogP contribution in [0.2, 0.25) is 19.6 Å². The summed E-state index contributed by atoms with van der Waals surface area (Å²) in [5, 5.41) is 19.7. The van der Waals surface area contributed by atoms with Crippen molar-refractivity contribution in [2.75, 3.05) is 0 Å². The van der Waals surface area contributed by atoms with E-state index in [1.54, 1.807) is 0 Å². The number of rotatable bonds is 2. The first-order valence-electron chi connectivity index (χ1n) is 5.25. The largest absolute Gasteiger partial charge is 0.478 e.